The van der Waals surface area contributed by atoms with Crippen LogP contribution in [0.5, 0.6) is 0 Å². The van der Waals surface area contributed by atoms with Gasteiger partial charge < -0.3 is 10.3 Å². The molecule has 0 saturated carbocycles. The molecule has 3 nitrogen and oxygen atoms in total. The summed E-state index contributed by atoms with van der Waals surface area (Å²) in [5, 5.41) is 10.4. The number of halogens is 2. The molecule has 7 heavy (non-hydrogen) atoms. The standard InChI is InChI=1S/C2H2I2NO2/c3-1-5(7)2(4)6/h1H2/q-1. The van der Waals surface area contributed by atoms with E-state index >= 15 is 0 Å². The Morgan fingerprint density at radius 1 is 1.86 bits per heavy atom. The Kier molecular flexibility index (Phi) is 4.33. The zero-order chi connectivity index (χ0) is 5.86. The van der Waals surface area contributed by atoms with E-state index in [0.717, 1.165) is 0 Å². The van der Waals surface area contributed by atoms with Gasteiger partial charge in [-0.05, 0) is 0 Å². The highest BCUT2D eigenvalue weighted by molar-refractivity contribution is 14.1. The van der Waals surface area contributed by atoms with E-state index in [1.54, 1.807) is 0 Å². The largest absolute Gasteiger partial charge is 0.755 e. The van der Waals surface area contributed by atoms with E-state index in [4.69, 9.17) is 0 Å². The Morgan fingerprint density at radius 3 is 2.29 bits per heavy atom. The van der Waals surface area contributed by atoms with Crippen molar-refractivity contribution in [3.8, 4) is 0 Å². The van der Waals surface area contributed by atoms with Crippen molar-refractivity contribution in [3.05, 3.63) is 5.21 Å². The molecule has 0 saturated heterocycles. The fraction of sp³-hybridized carbons (Fsp3) is 0.500. The molecule has 0 aliphatic carbocycles. The second-order valence-electron chi connectivity index (χ2n) is 0.751. The number of hydrogen-bond donors (Lipinski definition) is 0. The molecular formula is C2H2I2NO2-. The third kappa shape index (κ3) is 3.47. The maximum atomic E-state index is 10.1. The molecule has 0 fully saturated rings. The monoisotopic (exact) mass is 326 g/mol. The van der Waals surface area contributed by atoms with Gasteiger partial charge in [-0.1, -0.05) is 22.6 Å². The Hall–Kier alpha value is 0.890. The van der Waals surface area contributed by atoms with Crippen molar-refractivity contribution < 1.29 is 4.79 Å². The van der Waals surface area contributed by atoms with E-state index < -0.39 is 3.91 Å². The van der Waals surface area contributed by atoms with Crippen LogP contribution in [0.4, 0.5) is 4.79 Å². The zero-order valence-corrected chi connectivity index (χ0v) is 7.54. The molecule has 0 atom stereocenters. The van der Waals surface area contributed by atoms with Gasteiger partial charge in [-0.25, -0.2) is 0 Å². The predicted molar refractivity (Wildman–Crippen MR) is 43.5 cm³/mol. The molecule has 0 rings (SSSR count). The van der Waals surface area contributed by atoms with Crippen molar-refractivity contribution in [3.63, 3.8) is 0 Å². The highest BCUT2D eigenvalue weighted by Crippen LogP contribution is 1.98. The van der Waals surface area contributed by atoms with Crippen LogP contribution < -0.4 is 0 Å². The number of carbonyl (C=O) groups is 1. The predicted octanol–water partition coefficient (Wildman–Crippen LogP) is 1.73. The first-order valence-corrected chi connectivity index (χ1v) is 3.99. The molecular weight excluding hydrogens is 324 g/mol. The molecule has 5 heteroatoms. The lowest BCUT2D eigenvalue weighted by Crippen LogP contribution is -2.14. The molecule has 0 aliphatic rings. The summed E-state index contributed by atoms with van der Waals surface area (Å²) in [6, 6.07) is 0. The van der Waals surface area contributed by atoms with Crippen molar-refractivity contribution in [2.75, 3.05) is 4.55 Å². The SMILES string of the molecule is O=C(I)N([O-])CI. The van der Waals surface area contributed by atoms with Crippen LogP contribution in [0.25, 0.3) is 0 Å². The highest BCUT2D eigenvalue weighted by atomic mass is 127. The van der Waals surface area contributed by atoms with Crippen molar-refractivity contribution in [1.82, 2.24) is 5.06 Å². The number of hydroxylamine groups is 2. The van der Waals surface area contributed by atoms with Gasteiger partial charge in [0, 0.05) is 22.6 Å². The third-order valence-electron chi connectivity index (χ3n) is 0.305. The number of carbonyl (C=O) groups excluding carboxylic acids is 1. The zero-order valence-electron chi connectivity index (χ0n) is 3.23. The van der Waals surface area contributed by atoms with Crippen LogP contribution in [-0.2, 0) is 0 Å². The third-order valence-corrected chi connectivity index (χ3v) is 1.46. The molecule has 0 aromatic carbocycles. The summed E-state index contributed by atoms with van der Waals surface area (Å²) in [7, 11) is 0. The Labute approximate surface area is 68.3 Å². The summed E-state index contributed by atoms with van der Waals surface area (Å²) in [5.41, 5.74) is 0. The molecule has 0 aliphatic heterocycles. The lowest BCUT2D eigenvalue weighted by molar-refractivity contribution is 0.247. The first kappa shape index (κ1) is 7.89. The van der Waals surface area contributed by atoms with Gasteiger partial charge in [0.2, 0.25) is 0 Å². The van der Waals surface area contributed by atoms with E-state index in [9.17, 15) is 10.0 Å². The second kappa shape index (κ2) is 3.84. The Bertz CT molecular complexity index is 76.1. The summed E-state index contributed by atoms with van der Waals surface area (Å²) < 4.78 is -0.258. The number of nitrogens with zero attached hydrogens (tertiary/aromatic N) is 1. The molecule has 0 heterocycles. The van der Waals surface area contributed by atoms with Crippen LogP contribution in [0.15, 0.2) is 0 Å². The Balaban J connectivity index is 3.34. The molecule has 0 spiro atoms. The number of alkyl halides is 1. The summed E-state index contributed by atoms with van der Waals surface area (Å²) in [6.07, 6.45) is 0. The van der Waals surface area contributed by atoms with Gasteiger partial charge in [-0.2, -0.15) is 0 Å². The summed E-state index contributed by atoms with van der Waals surface area (Å²) in [6.45, 7) is 0. The van der Waals surface area contributed by atoms with Gasteiger partial charge in [0.25, 0.3) is 3.91 Å². The van der Waals surface area contributed by atoms with Gasteiger partial charge in [-0.3, -0.25) is 4.79 Å². The van der Waals surface area contributed by atoms with Crippen LogP contribution in [-0.4, -0.2) is 13.5 Å². The molecule has 0 bridgehead atoms. The minimum Gasteiger partial charge on any atom is -0.755 e. The first-order chi connectivity index (χ1) is 3.18. The van der Waals surface area contributed by atoms with Gasteiger partial charge in [0.15, 0.2) is 0 Å². The summed E-state index contributed by atoms with van der Waals surface area (Å²) in [4.78, 5) is 9.97. The van der Waals surface area contributed by atoms with Crippen LogP contribution in [0, 0.1) is 5.21 Å². The van der Waals surface area contributed by atoms with Crippen LogP contribution >= 0.6 is 45.2 Å². The van der Waals surface area contributed by atoms with E-state index in [-0.39, 0.29) is 4.55 Å². The highest BCUT2D eigenvalue weighted by Gasteiger charge is 1.90. The molecule has 42 valence electrons. The summed E-state index contributed by atoms with van der Waals surface area (Å²) in [5.74, 6) is 0. The molecule has 0 N–H and O–H groups in total. The average Bonchev–Trinajstić information content (AvgIpc) is 1.65. The van der Waals surface area contributed by atoms with Crippen molar-refractivity contribution in [2.45, 2.75) is 0 Å². The van der Waals surface area contributed by atoms with Crippen molar-refractivity contribution >= 4 is 49.1 Å². The molecule has 0 aromatic rings. The minimum atomic E-state index is -0.466. The minimum absolute atomic E-state index is 0.208. The second-order valence-corrected chi connectivity index (χ2v) is 2.36. The Morgan fingerprint density at radius 2 is 2.29 bits per heavy atom. The van der Waals surface area contributed by atoms with Crippen molar-refractivity contribution in [2.24, 2.45) is 0 Å². The van der Waals surface area contributed by atoms with E-state index in [0.29, 0.717) is 5.06 Å². The maximum Gasteiger partial charge on any atom is 0.273 e. The molecule has 1 amide bonds. The number of amides is 1. The van der Waals surface area contributed by atoms with E-state index in [2.05, 4.69) is 0 Å². The molecule has 0 radical (unpaired) electrons. The van der Waals surface area contributed by atoms with E-state index in [1.807, 2.05) is 22.6 Å². The molecule has 0 aromatic heterocycles. The maximum absolute atomic E-state index is 10.1. The van der Waals surface area contributed by atoms with Gasteiger partial charge in [-0.15, -0.1) is 0 Å². The van der Waals surface area contributed by atoms with E-state index in [1.165, 1.54) is 22.6 Å². The quantitative estimate of drug-likeness (QED) is 0.242. The van der Waals surface area contributed by atoms with Gasteiger partial charge >= 0.3 is 0 Å². The average molecular weight is 326 g/mol. The molecule has 0 unspecified atom stereocenters. The lowest BCUT2D eigenvalue weighted by Gasteiger charge is -2.21. The lowest BCUT2D eigenvalue weighted by atomic mass is 11.2. The van der Waals surface area contributed by atoms with Gasteiger partial charge in [0.05, 0.1) is 4.55 Å². The number of rotatable bonds is 1. The van der Waals surface area contributed by atoms with Crippen molar-refractivity contribution in [1.29, 1.82) is 0 Å². The summed E-state index contributed by atoms with van der Waals surface area (Å²) >= 11 is 3.25. The fourth-order valence-electron chi connectivity index (χ4n) is 0.0470. The van der Waals surface area contributed by atoms with Crippen LogP contribution in [0.3, 0.4) is 0 Å². The fourth-order valence-corrected chi connectivity index (χ4v) is 1.18. The number of hydrogen-bond acceptors (Lipinski definition) is 2. The van der Waals surface area contributed by atoms with Crippen LogP contribution in [0.1, 0.15) is 0 Å². The topological polar surface area (TPSA) is 43.4 Å². The van der Waals surface area contributed by atoms with Crippen LogP contribution in [0.2, 0.25) is 0 Å². The normalized spacial score (nSPS) is 8.43. The first-order valence-electron chi connectivity index (χ1n) is 1.38. The van der Waals surface area contributed by atoms with Gasteiger partial charge in [0.1, 0.15) is 0 Å². The smallest absolute Gasteiger partial charge is 0.273 e.